The Morgan fingerprint density at radius 3 is 2.59 bits per heavy atom. The van der Waals surface area contributed by atoms with Gasteiger partial charge < -0.3 is 5.32 Å². The lowest BCUT2D eigenvalue weighted by Crippen LogP contribution is -2.22. The number of halogens is 1. The van der Waals surface area contributed by atoms with Gasteiger partial charge in [-0.3, -0.25) is 4.79 Å². The number of amides is 1. The van der Waals surface area contributed by atoms with Crippen LogP contribution >= 0.6 is 11.6 Å². The molecule has 0 aliphatic rings. The number of hydrogen-bond acceptors (Lipinski definition) is 4. The maximum Gasteiger partial charge on any atom is 0.247 e. The van der Waals surface area contributed by atoms with Gasteiger partial charge >= 0.3 is 0 Å². The second-order valence-electron chi connectivity index (χ2n) is 6.52. The van der Waals surface area contributed by atoms with E-state index in [4.69, 9.17) is 11.6 Å². The zero-order valence-corrected chi connectivity index (χ0v) is 16.5. The zero-order chi connectivity index (χ0) is 20.2. The van der Waals surface area contributed by atoms with Crippen molar-refractivity contribution in [2.75, 3.05) is 5.32 Å². The maximum atomic E-state index is 12.7. The molecular weight excluding hydrogens is 388 g/mol. The predicted octanol–water partition coefficient (Wildman–Crippen LogP) is 3.79. The van der Waals surface area contributed by atoms with E-state index >= 15 is 0 Å². The van der Waals surface area contributed by atoms with E-state index in [1.807, 2.05) is 54.6 Å². The van der Waals surface area contributed by atoms with Crippen LogP contribution in [0.25, 0.3) is 11.4 Å². The summed E-state index contributed by atoms with van der Waals surface area (Å²) in [4.78, 5) is 17.1. The van der Waals surface area contributed by atoms with Crippen LogP contribution in [0.4, 0.5) is 5.82 Å². The molecule has 7 nitrogen and oxygen atoms in total. The Kier molecular flexibility index (Phi) is 5.39. The molecule has 1 N–H and O–H groups in total. The van der Waals surface area contributed by atoms with Gasteiger partial charge in [0.25, 0.3) is 0 Å². The van der Waals surface area contributed by atoms with Gasteiger partial charge in [-0.25, -0.2) is 14.3 Å². The average molecular weight is 407 g/mol. The zero-order valence-electron chi connectivity index (χ0n) is 15.8. The van der Waals surface area contributed by atoms with E-state index in [9.17, 15) is 4.79 Å². The van der Waals surface area contributed by atoms with Crippen LogP contribution in [0, 0.1) is 6.92 Å². The monoisotopic (exact) mass is 406 g/mol. The molecule has 4 aromatic rings. The molecule has 29 heavy (non-hydrogen) atoms. The minimum atomic E-state index is -0.215. The largest absolute Gasteiger partial charge is 0.309 e. The summed E-state index contributed by atoms with van der Waals surface area (Å²) < 4.78 is 3.30. The maximum absolute atomic E-state index is 12.7. The Hall–Kier alpha value is -3.45. The number of aryl methyl sites for hydroxylation is 1. The number of carbonyl (C=O) groups is 1. The Bertz CT molecular complexity index is 1140. The Labute approximate surface area is 173 Å². The van der Waals surface area contributed by atoms with E-state index in [0.29, 0.717) is 29.0 Å². The Morgan fingerprint density at radius 1 is 1.03 bits per heavy atom. The van der Waals surface area contributed by atoms with Gasteiger partial charge in [-0.05, 0) is 18.6 Å². The number of aromatic nitrogens is 5. The van der Waals surface area contributed by atoms with Crippen molar-refractivity contribution in [2.24, 2.45) is 0 Å². The molecular formula is C21H19ClN6O. The molecule has 2 aromatic carbocycles. The minimum Gasteiger partial charge on any atom is -0.309 e. The number of anilines is 1. The molecule has 8 heteroatoms. The van der Waals surface area contributed by atoms with Crippen LogP contribution in [-0.4, -0.2) is 30.5 Å². The first-order chi connectivity index (χ1) is 14.1. The van der Waals surface area contributed by atoms with Crippen LogP contribution in [-0.2, 0) is 17.9 Å². The van der Waals surface area contributed by atoms with Gasteiger partial charge in [0, 0.05) is 16.7 Å². The van der Waals surface area contributed by atoms with Crippen molar-refractivity contribution in [1.29, 1.82) is 0 Å². The lowest BCUT2D eigenvalue weighted by atomic mass is 10.2. The molecule has 0 bridgehead atoms. The third kappa shape index (κ3) is 4.35. The summed E-state index contributed by atoms with van der Waals surface area (Å²) >= 11 is 6.24. The van der Waals surface area contributed by atoms with Crippen LogP contribution in [0.3, 0.4) is 0 Å². The first kappa shape index (κ1) is 18.9. The van der Waals surface area contributed by atoms with Crippen molar-refractivity contribution >= 4 is 23.3 Å². The summed E-state index contributed by atoms with van der Waals surface area (Å²) in [6.45, 7) is 2.31. The lowest BCUT2D eigenvalue weighted by molar-refractivity contribution is -0.116. The smallest absolute Gasteiger partial charge is 0.247 e. The number of hydrogen-bond donors (Lipinski definition) is 1. The van der Waals surface area contributed by atoms with Crippen molar-refractivity contribution in [1.82, 2.24) is 24.5 Å². The highest BCUT2D eigenvalue weighted by Gasteiger charge is 2.15. The molecule has 0 saturated carbocycles. The fourth-order valence-corrected chi connectivity index (χ4v) is 3.23. The quantitative estimate of drug-likeness (QED) is 0.528. The molecule has 4 rings (SSSR count). The number of benzene rings is 2. The van der Waals surface area contributed by atoms with Crippen molar-refractivity contribution in [3.05, 3.63) is 83.3 Å². The van der Waals surface area contributed by atoms with Gasteiger partial charge in [-0.1, -0.05) is 60.1 Å². The van der Waals surface area contributed by atoms with Gasteiger partial charge in [0.2, 0.25) is 5.91 Å². The van der Waals surface area contributed by atoms with Crippen LogP contribution in [0.15, 0.2) is 66.9 Å². The number of nitrogens with zero attached hydrogens (tertiary/aromatic N) is 5. The van der Waals surface area contributed by atoms with E-state index in [0.717, 1.165) is 11.1 Å². The topological polar surface area (TPSA) is 77.6 Å². The third-order valence-corrected chi connectivity index (χ3v) is 4.73. The molecule has 0 aliphatic carbocycles. The highest BCUT2D eigenvalue weighted by molar-refractivity contribution is 6.31. The van der Waals surface area contributed by atoms with Gasteiger partial charge in [0.1, 0.15) is 18.2 Å². The molecule has 0 unspecified atom stereocenters. The first-order valence-electron chi connectivity index (χ1n) is 9.12. The van der Waals surface area contributed by atoms with Crippen molar-refractivity contribution in [2.45, 2.75) is 20.0 Å². The average Bonchev–Trinajstić information content (AvgIpc) is 3.30. The number of rotatable bonds is 6. The van der Waals surface area contributed by atoms with Gasteiger partial charge in [-0.15, -0.1) is 0 Å². The minimum absolute atomic E-state index is 0.0440. The van der Waals surface area contributed by atoms with Gasteiger partial charge in [-0.2, -0.15) is 10.2 Å². The molecule has 0 fully saturated rings. The Balaban J connectivity index is 1.50. The van der Waals surface area contributed by atoms with Crippen LogP contribution in [0.5, 0.6) is 0 Å². The highest BCUT2D eigenvalue weighted by atomic mass is 35.5. The molecule has 0 saturated heterocycles. The summed E-state index contributed by atoms with van der Waals surface area (Å²) in [6.07, 6.45) is 1.64. The second-order valence-corrected chi connectivity index (χ2v) is 6.93. The van der Waals surface area contributed by atoms with E-state index in [1.165, 1.54) is 0 Å². The summed E-state index contributed by atoms with van der Waals surface area (Å²) in [6, 6.07) is 19.0. The predicted molar refractivity (Wildman–Crippen MR) is 112 cm³/mol. The summed E-state index contributed by atoms with van der Waals surface area (Å²) in [5.41, 5.74) is 1.83. The lowest BCUT2D eigenvalue weighted by Gasteiger charge is -2.11. The van der Waals surface area contributed by atoms with Crippen LogP contribution < -0.4 is 5.32 Å². The first-order valence-corrected chi connectivity index (χ1v) is 9.50. The van der Waals surface area contributed by atoms with Gasteiger partial charge in [0.15, 0.2) is 5.82 Å². The van der Waals surface area contributed by atoms with E-state index in [-0.39, 0.29) is 12.5 Å². The van der Waals surface area contributed by atoms with Crippen LogP contribution in [0.1, 0.15) is 11.4 Å². The number of nitrogens with one attached hydrogen (secondary N) is 1. The molecule has 0 spiro atoms. The molecule has 2 aromatic heterocycles. The van der Waals surface area contributed by atoms with Crippen molar-refractivity contribution in [3.8, 4) is 11.4 Å². The van der Waals surface area contributed by atoms with Crippen LogP contribution in [0.2, 0.25) is 5.02 Å². The molecule has 2 heterocycles. The third-order valence-electron chi connectivity index (χ3n) is 4.36. The van der Waals surface area contributed by atoms with Gasteiger partial charge in [0.05, 0.1) is 12.7 Å². The molecule has 0 atom stereocenters. The van der Waals surface area contributed by atoms with E-state index in [2.05, 4.69) is 20.5 Å². The number of carbonyl (C=O) groups excluding carboxylic acids is 1. The normalized spacial score (nSPS) is 10.8. The Morgan fingerprint density at radius 2 is 1.79 bits per heavy atom. The standard InChI is InChI=1S/C21H19ClN6O/c1-15-24-21(16-7-3-2-4-8-16)28(26-15)14-20(29)25-19-11-12-23-27(19)13-17-9-5-6-10-18(17)22/h2-12H,13-14H2,1H3,(H,25,29). The van der Waals surface area contributed by atoms with E-state index in [1.54, 1.807) is 28.6 Å². The van der Waals surface area contributed by atoms with Crippen molar-refractivity contribution in [3.63, 3.8) is 0 Å². The summed E-state index contributed by atoms with van der Waals surface area (Å²) in [5.74, 6) is 1.64. The molecule has 1 amide bonds. The molecule has 0 aliphatic heterocycles. The van der Waals surface area contributed by atoms with Crippen molar-refractivity contribution < 1.29 is 4.79 Å². The second kappa shape index (κ2) is 8.28. The molecule has 146 valence electrons. The van der Waals surface area contributed by atoms with E-state index < -0.39 is 0 Å². The highest BCUT2D eigenvalue weighted by Crippen LogP contribution is 2.19. The summed E-state index contributed by atoms with van der Waals surface area (Å²) in [7, 11) is 0. The fraction of sp³-hybridized carbons (Fsp3) is 0.143. The SMILES string of the molecule is Cc1nc(-c2ccccc2)n(CC(=O)Nc2ccnn2Cc2ccccc2Cl)n1. The summed E-state index contributed by atoms with van der Waals surface area (Å²) in [5, 5.41) is 12.2. The molecule has 0 radical (unpaired) electrons. The fourth-order valence-electron chi connectivity index (χ4n) is 3.04.